The van der Waals surface area contributed by atoms with Gasteiger partial charge < -0.3 is 5.43 Å². The molecule has 5 heteroatoms. The summed E-state index contributed by atoms with van der Waals surface area (Å²) in [5.74, 6) is 6.02. The molecule has 0 fully saturated rings. The van der Waals surface area contributed by atoms with Crippen molar-refractivity contribution in [2.45, 2.75) is 19.9 Å². The van der Waals surface area contributed by atoms with Gasteiger partial charge in [0.1, 0.15) is 5.69 Å². The van der Waals surface area contributed by atoms with E-state index in [4.69, 9.17) is 5.84 Å². The van der Waals surface area contributed by atoms with E-state index in [1.165, 1.54) is 0 Å². The summed E-state index contributed by atoms with van der Waals surface area (Å²) >= 11 is 0. The van der Waals surface area contributed by atoms with Crippen molar-refractivity contribution in [3.05, 3.63) is 18.0 Å². The number of nitrogens with two attached hydrogens (primary N) is 1. The minimum absolute atomic E-state index is 0.209. The molecule has 72 valence electrons. The van der Waals surface area contributed by atoms with E-state index in [2.05, 4.69) is 15.5 Å². The van der Waals surface area contributed by atoms with Gasteiger partial charge in [0.15, 0.2) is 5.84 Å². The summed E-state index contributed by atoms with van der Waals surface area (Å²) in [6.45, 7) is 3.99. The molecule has 1 rings (SSSR count). The van der Waals surface area contributed by atoms with Crippen LogP contribution in [0.1, 0.15) is 19.5 Å². The molecule has 5 nitrogen and oxygen atoms in total. The molecule has 0 aliphatic heterocycles. The molecule has 0 aromatic carbocycles. The van der Waals surface area contributed by atoms with Crippen molar-refractivity contribution >= 4 is 5.84 Å². The summed E-state index contributed by atoms with van der Waals surface area (Å²) < 4.78 is 1.72. The van der Waals surface area contributed by atoms with Gasteiger partial charge in [-0.25, -0.2) is 5.84 Å². The van der Waals surface area contributed by atoms with Crippen molar-refractivity contribution in [3.8, 4) is 0 Å². The first kappa shape index (κ1) is 9.73. The largest absolute Gasteiger partial charge is 0.307 e. The molecule has 0 atom stereocenters. The van der Waals surface area contributed by atoms with E-state index in [9.17, 15) is 0 Å². The van der Waals surface area contributed by atoms with Crippen LogP contribution in [-0.2, 0) is 7.05 Å². The number of rotatable bonds is 2. The van der Waals surface area contributed by atoms with Crippen molar-refractivity contribution in [3.63, 3.8) is 0 Å². The maximum atomic E-state index is 5.36. The molecular formula is C8H15N5. The zero-order chi connectivity index (χ0) is 9.84. The molecule has 3 N–H and O–H groups in total. The van der Waals surface area contributed by atoms with Crippen LogP contribution in [0.4, 0.5) is 0 Å². The van der Waals surface area contributed by atoms with E-state index in [1.54, 1.807) is 10.9 Å². The van der Waals surface area contributed by atoms with Gasteiger partial charge >= 0.3 is 0 Å². The van der Waals surface area contributed by atoms with Gasteiger partial charge in [0.25, 0.3) is 0 Å². The molecule has 0 aliphatic carbocycles. The lowest BCUT2D eigenvalue weighted by atomic mass is 10.3. The second-order valence-corrected chi connectivity index (χ2v) is 3.06. The van der Waals surface area contributed by atoms with Crippen LogP contribution in [0.3, 0.4) is 0 Å². The standard InChI is InChI=1S/C8H15N5/c1-6(2)11-8(12-9)7-4-5-10-13(7)3/h4-6H,9H2,1-3H3,(H,11,12). The number of aryl methyl sites for hydroxylation is 1. The van der Waals surface area contributed by atoms with Gasteiger partial charge in [0, 0.05) is 19.3 Å². The summed E-state index contributed by atoms with van der Waals surface area (Å²) in [5.41, 5.74) is 3.45. The smallest absolute Gasteiger partial charge is 0.161 e. The Morgan fingerprint density at radius 2 is 2.38 bits per heavy atom. The zero-order valence-corrected chi connectivity index (χ0v) is 8.15. The average molecular weight is 181 g/mol. The highest BCUT2D eigenvalue weighted by Crippen LogP contribution is 1.98. The van der Waals surface area contributed by atoms with Crippen LogP contribution in [0.15, 0.2) is 17.3 Å². The lowest BCUT2D eigenvalue weighted by molar-refractivity contribution is 0.746. The molecular weight excluding hydrogens is 166 g/mol. The van der Waals surface area contributed by atoms with Gasteiger partial charge in [-0.15, -0.1) is 0 Å². The predicted molar refractivity (Wildman–Crippen MR) is 52.2 cm³/mol. The Morgan fingerprint density at radius 1 is 1.69 bits per heavy atom. The normalized spacial score (nSPS) is 12.2. The number of aromatic nitrogens is 2. The topological polar surface area (TPSA) is 68.2 Å². The predicted octanol–water partition coefficient (Wildman–Crippen LogP) is 0.0384. The highest BCUT2D eigenvalue weighted by Gasteiger charge is 2.06. The highest BCUT2D eigenvalue weighted by atomic mass is 15.3. The van der Waals surface area contributed by atoms with E-state index in [0.29, 0.717) is 5.84 Å². The minimum atomic E-state index is 0.209. The van der Waals surface area contributed by atoms with Crippen molar-refractivity contribution in [1.29, 1.82) is 0 Å². The second kappa shape index (κ2) is 4.04. The van der Waals surface area contributed by atoms with Crippen LogP contribution in [-0.4, -0.2) is 21.7 Å². The molecule has 0 amide bonds. The summed E-state index contributed by atoms with van der Waals surface area (Å²) in [6.07, 6.45) is 1.71. The maximum absolute atomic E-state index is 5.36. The molecule has 1 aromatic heterocycles. The fourth-order valence-electron chi connectivity index (χ4n) is 1.04. The first-order valence-corrected chi connectivity index (χ1v) is 4.18. The van der Waals surface area contributed by atoms with Crippen LogP contribution >= 0.6 is 0 Å². The third-order valence-corrected chi connectivity index (χ3v) is 1.59. The highest BCUT2D eigenvalue weighted by molar-refractivity contribution is 5.96. The molecule has 0 spiro atoms. The molecule has 0 bridgehead atoms. The Labute approximate surface area is 77.6 Å². The quantitative estimate of drug-likeness (QED) is 0.293. The number of nitrogens with one attached hydrogen (secondary N) is 1. The van der Waals surface area contributed by atoms with Gasteiger partial charge in [-0.3, -0.25) is 9.67 Å². The summed E-state index contributed by atoms with van der Waals surface area (Å²) in [6, 6.07) is 2.07. The van der Waals surface area contributed by atoms with Gasteiger partial charge in [-0.1, -0.05) is 0 Å². The van der Waals surface area contributed by atoms with E-state index in [0.717, 1.165) is 5.69 Å². The van der Waals surface area contributed by atoms with Crippen molar-refractivity contribution in [2.24, 2.45) is 17.9 Å². The number of amidine groups is 1. The van der Waals surface area contributed by atoms with Crippen LogP contribution in [0.25, 0.3) is 0 Å². The Kier molecular flexibility index (Phi) is 3.02. The summed E-state index contributed by atoms with van der Waals surface area (Å²) in [4.78, 5) is 4.32. The average Bonchev–Trinajstić information content (AvgIpc) is 2.47. The summed E-state index contributed by atoms with van der Waals surface area (Å²) in [5, 5.41) is 4.03. The number of hydrazine groups is 1. The van der Waals surface area contributed by atoms with Gasteiger partial charge in [0.05, 0.1) is 0 Å². The fourth-order valence-corrected chi connectivity index (χ4v) is 1.04. The summed E-state index contributed by atoms with van der Waals surface area (Å²) in [7, 11) is 1.85. The first-order valence-electron chi connectivity index (χ1n) is 4.18. The van der Waals surface area contributed by atoms with E-state index in [1.807, 2.05) is 27.0 Å². The van der Waals surface area contributed by atoms with Crippen LogP contribution < -0.4 is 11.3 Å². The van der Waals surface area contributed by atoms with E-state index >= 15 is 0 Å². The van der Waals surface area contributed by atoms with Crippen LogP contribution in [0, 0.1) is 0 Å². The Hall–Kier alpha value is -1.36. The third kappa shape index (κ3) is 2.29. The monoisotopic (exact) mass is 181 g/mol. The molecule has 0 radical (unpaired) electrons. The van der Waals surface area contributed by atoms with Crippen LogP contribution in [0.5, 0.6) is 0 Å². The van der Waals surface area contributed by atoms with E-state index < -0.39 is 0 Å². The lowest BCUT2D eigenvalue weighted by Crippen LogP contribution is -2.33. The van der Waals surface area contributed by atoms with Crippen molar-refractivity contribution < 1.29 is 0 Å². The third-order valence-electron chi connectivity index (χ3n) is 1.59. The Balaban J connectivity index is 2.97. The van der Waals surface area contributed by atoms with Crippen LogP contribution in [0.2, 0.25) is 0 Å². The molecule has 0 saturated carbocycles. The van der Waals surface area contributed by atoms with E-state index in [-0.39, 0.29) is 6.04 Å². The van der Waals surface area contributed by atoms with Gasteiger partial charge in [-0.2, -0.15) is 5.10 Å². The minimum Gasteiger partial charge on any atom is -0.307 e. The molecule has 0 unspecified atom stereocenters. The second-order valence-electron chi connectivity index (χ2n) is 3.06. The van der Waals surface area contributed by atoms with Gasteiger partial charge in [0.2, 0.25) is 0 Å². The molecule has 1 aromatic rings. The number of hydrogen-bond acceptors (Lipinski definition) is 3. The molecule has 1 heterocycles. The SMILES string of the molecule is CC(C)N=C(NN)c1ccnn1C. The Bertz CT molecular complexity index is 299. The first-order chi connectivity index (χ1) is 6.15. The zero-order valence-electron chi connectivity index (χ0n) is 8.15. The van der Waals surface area contributed by atoms with Crippen molar-refractivity contribution in [1.82, 2.24) is 15.2 Å². The van der Waals surface area contributed by atoms with Gasteiger partial charge in [-0.05, 0) is 19.9 Å². The maximum Gasteiger partial charge on any atom is 0.161 e. The lowest BCUT2D eigenvalue weighted by Gasteiger charge is -2.07. The Morgan fingerprint density at radius 3 is 2.77 bits per heavy atom. The number of hydrogen-bond donors (Lipinski definition) is 2. The van der Waals surface area contributed by atoms with Crippen molar-refractivity contribution in [2.75, 3.05) is 0 Å². The number of aliphatic imine (C=N–C) groups is 1. The number of nitrogens with zero attached hydrogens (tertiary/aromatic N) is 3. The fraction of sp³-hybridized carbons (Fsp3) is 0.500. The molecule has 0 saturated heterocycles. The molecule has 0 aliphatic rings. The molecule has 13 heavy (non-hydrogen) atoms.